The Labute approximate surface area is 300 Å². The molecular weight excluding hydrogens is 650 g/mol. The van der Waals surface area contributed by atoms with Crippen LogP contribution in [-0.4, -0.2) is 41.6 Å². The third kappa shape index (κ3) is 15.5. The third-order valence-corrected chi connectivity index (χ3v) is 8.23. The second-order valence-corrected chi connectivity index (χ2v) is 12.5. The van der Waals surface area contributed by atoms with Crippen LogP contribution < -0.4 is 22.5 Å². The van der Waals surface area contributed by atoms with Crippen LogP contribution in [0, 0.1) is 18.7 Å². The Morgan fingerprint density at radius 3 is 2.20 bits per heavy atom. The molecule has 0 aliphatic carbocycles. The van der Waals surface area contributed by atoms with E-state index in [0.717, 1.165) is 57.4 Å². The fourth-order valence-corrected chi connectivity index (χ4v) is 5.08. The summed E-state index contributed by atoms with van der Waals surface area (Å²) >= 11 is 1.59. The highest BCUT2D eigenvalue weighted by Crippen LogP contribution is 2.30. The van der Waals surface area contributed by atoms with Crippen molar-refractivity contribution in [3.8, 4) is 0 Å². The van der Waals surface area contributed by atoms with Crippen molar-refractivity contribution in [3.63, 3.8) is 0 Å². The van der Waals surface area contributed by atoms with Gasteiger partial charge in [-0.1, -0.05) is 63.7 Å². The van der Waals surface area contributed by atoms with Crippen LogP contribution in [-0.2, 0) is 11.2 Å². The van der Waals surface area contributed by atoms with E-state index >= 15 is 0 Å². The van der Waals surface area contributed by atoms with Crippen molar-refractivity contribution in [2.24, 2.45) is 33.1 Å². The molecule has 3 aromatic carbocycles. The van der Waals surface area contributed by atoms with E-state index in [1.54, 1.807) is 37.0 Å². The van der Waals surface area contributed by atoms with Crippen molar-refractivity contribution in [1.29, 1.82) is 0 Å². The minimum absolute atomic E-state index is 0.125. The van der Waals surface area contributed by atoms with E-state index in [-0.39, 0.29) is 29.5 Å². The minimum Gasteiger partial charge on any atom is -0.370 e. The summed E-state index contributed by atoms with van der Waals surface area (Å²) in [5.74, 6) is -0.211. The Kier molecular flexibility index (Phi) is 18.6. The molecule has 0 saturated carbocycles. The SMILES string of the molecule is CCC(C)C(=Nc1cc(C(=O)NCCc2ccccn2)ccc1C)c1cccc(Sc2ccc(F)cc2)c1.CCC(N)=O.CCCN=C(N)N. The summed E-state index contributed by atoms with van der Waals surface area (Å²) in [5, 5.41) is 2.99. The average Bonchev–Trinajstić information content (AvgIpc) is 3.12. The second kappa shape index (κ2) is 22.6. The van der Waals surface area contributed by atoms with Gasteiger partial charge in [-0.05, 0) is 97.5 Å². The Hall–Kier alpha value is -5.03. The number of nitrogens with two attached hydrogens (primary N) is 3. The monoisotopic (exact) mass is 699 g/mol. The van der Waals surface area contributed by atoms with Crippen LogP contribution in [0.2, 0.25) is 0 Å². The number of guanidine groups is 1. The molecular formula is C39H50FN7O2S. The lowest BCUT2D eigenvalue weighted by Crippen LogP contribution is -2.25. The average molecular weight is 700 g/mol. The Morgan fingerprint density at radius 1 is 0.900 bits per heavy atom. The molecule has 4 aromatic rings. The van der Waals surface area contributed by atoms with Crippen LogP contribution >= 0.6 is 11.8 Å². The van der Waals surface area contributed by atoms with Crippen LogP contribution in [0.25, 0.3) is 0 Å². The first-order valence-electron chi connectivity index (χ1n) is 16.7. The molecule has 1 aromatic heterocycles. The smallest absolute Gasteiger partial charge is 0.251 e. The molecule has 1 heterocycles. The van der Waals surface area contributed by atoms with Gasteiger partial charge in [0.25, 0.3) is 5.91 Å². The fourth-order valence-electron chi connectivity index (χ4n) is 4.20. The number of aliphatic imine (C=N–C) groups is 2. The number of amides is 2. The normalized spacial score (nSPS) is 11.2. The summed E-state index contributed by atoms with van der Waals surface area (Å²) in [6.07, 6.45) is 4.81. The maximum Gasteiger partial charge on any atom is 0.251 e. The number of carbonyl (C=O) groups is 2. The Morgan fingerprint density at radius 2 is 1.62 bits per heavy atom. The van der Waals surface area contributed by atoms with Gasteiger partial charge in [0.15, 0.2) is 5.96 Å². The molecule has 0 radical (unpaired) electrons. The summed E-state index contributed by atoms with van der Waals surface area (Å²) in [6, 6.07) is 26.2. The predicted octanol–water partition coefficient (Wildman–Crippen LogP) is 7.37. The predicted molar refractivity (Wildman–Crippen MR) is 205 cm³/mol. The number of nitrogens with zero attached hydrogens (tertiary/aromatic N) is 3. The van der Waals surface area contributed by atoms with Crippen molar-refractivity contribution < 1.29 is 14.0 Å². The standard InChI is InChI=1S/C32H32FN3OS.C4H11N3.C3H7NO/c1-4-22(2)31(24-8-7-10-29(20-24)38-28-15-13-26(33)14-16-28)36-30-21-25(12-11-23(30)3)32(37)35-19-17-27-9-5-6-18-34-27;1-2-3-7-4(5)6;1-2-3(4)5/h5-16,18,20-22H,4,17,19H2,1-3H3,(H,35,37);2-3H2,1H3,(H4,5,6,7);2H2,1H3,(H2,4,5). The zero-order valence-corrected chi connectivity index (χ0v) is 30.5. The molecule has 11 heteroatoms. The number of benzene rings is 3. The maximum absolute atomic E-state index is 13.3. The van der Waals surface area contributed by atoms with Crippen molar-refractivity contribution in [2.45, 2.75) is 70.1 Å². The Bertz CT molecular complexity index is 1690. The van der Waals surface area contributed by atoms with E-state index < -0.39 is 0 Å². The number of hydrogen-bond donors (Lipinski definition) is 4. The quantitative estimate of drug-likeness (QED) is 0.0841. The zero-order valence-electron chi connectivity index (χ0n) is 29.7. The van der Waals surface area contributed by atoms with E-state index in [9.17, 15) is 14.0 Å². The highest BCUT2D eigenvalue weighted by molar-refractivity contribution is 7.99. The number of carbonyl (C=O) groups excluding carboxylic acids is 2. The van der Waals surface area contributed by atoms with E-state index in [1.807, 2.05) is 62.4 Å². The van der Waals surface area contributed by atoms with E-state index in [2.05, 4.69) is 47.0 Å². The molecule has 0 spiro atoms. The third-order valence-electron chi connectivity index (χ3n) is 7.23. The summed E-state index contributed by atoms with van der Waals surface area (Å²) in [7, 11) is 0. The van der Waals surface area contributed by atoms with Gasteiger partial charge in [-0.2, -0.15) is 0 Å². The van der Waals surface area contributed by atoms with Crippen LogP contribution in [0.5, 0.6) is 0 Å². The molecule has 1 unspecified atom stereocenters. The molecule has 0 saturated heterocycles. The highest BCUT2D eigenvalue weighted by Gasteiger charge is 2.15. The molecule has 0 fully saturated rings. The van der Waals surface area contributed by atoms with Gasteiger partial charge >= 0.3 is 0 Å². The summed E-state index contributed by atoms with van der Waals surface area (Å²) in [5.41, 5.74) is 20.0. The van der Waals surface area contributed by atoms with E-state index in [4.69, 9.17) is 16.5 Å². The molecule has 0 aliphatic rings. The topological polar surface area (TPSA) is 162 Å². The largest absolute Gasteiger partial charge is 0.370 e. The van der Waals surface area contributed by atoms with Gasteiger partial charge in [0.2, 0.25) is 5.91 Å². The number of nitrogens with one attached hydrogen (secondary N) is 1. The first kappa shape index (κ1) is 41.1. The lowest BCUT2D eigenvalue weighted by Gasteiger charge is -2.16. The van der Waals surface area contributed by atoms with Crippen molar-refractivity contribution in [2.75, 3.05) is 13.1 Å². The molecule has 50 heavy (non-hydrogen) atoms. The molecule has 0 aliphatic heterocycles. The number of rotatable bonds is 13. The van der Waals surface area contributed by atoms with Crippen molar-refractivity contribution in [3.05, 3.63) is 119 Å². The molecule has 9 nitrogen and oxygen atoms in total. The van der Waals surface area contributed by atoms with Gasteiger partial charge in [0, 0.05) is 53.2 Å². The number of pyridine rings is 1. The number of halogens is 1. The second-order valence-electron chi connectivity index (χ2n) is 11.3. The van der Waals surface area contributed by atoms with Crippen molar-refractivity contribution >= 4 is 40.9 Å². The van der Waals surface area contributed by atoms with Crippen LogP contribution in [0.1, 0.15) is 74.1 Å². The molecule has 4 rings (SSSR count). The highest BCUT2D eigenvalue weighted by atomic mass is 32.2. The van der Waals surface area contributed by atoms with E-state index in [0.29, 0.717) is 24.9 Å². The van der Waals surface area contributed by atoms with E-state index in [1.165, 1.54) is 12.1 Å². The summed E-state index contributed by atoms with van der Waals surface area (Å²) in [6.45, 7) is 11.3. The molecule has 266 valence electrons. The fraction of sp³-hybridized carbons (Fsp3) is 0.308. The Balaban J connectivity index is 0.000000620. The van der Waals surface area contributed by atoms with Gasteiger partial charge in [0.05, 0.1) is 11.4 Å². The first-order chi connectivity index (χ1) is 24.0. The van der Waals surface area contributed by atoms with Crippen LogP contribution in [0.4, 0.5) is 10.1 Å². The summed E-state index contributed by atoms with van der Waals surface area (Å²) < 4.78 is 13.3. The number of primary amides is 1. The van der Waals surface area contributed by atoms with Gasteiger partial charge in [-0.25, -0.2) is 4.39 Å². The van der Waals surface area contributed by atoms with Gasteiger partial charge in [-0.3, -0.25) is 24.6 Å². The molecule has 0 bridgehead atoms. The van der Waals surface area contributed by atoms with Crippen LogP contribution in [0.15, 0.2) is 111 Å². The lowest BCUT2D eigenvalue weighted by atomic mass is 9.95. The summed E-state index contributed by atoms with van der Waals surface area (Å²) in [4.78, 5) is 37.6. The molecule has 7 N–H and O–H groups in total. The maximum atomic E-state index is 13.3. The van der Waals surface area contributed by atoms with Crippen LogP contribution in [0.3, 0.4) is 0 Å². The first-order valence-corrected chi connectivity index (χ1v) is 17.5. The number of hydrogen-bond acceptors (Lipinski definition) is 6. The van der Waals surface area contributed by atoms with Gasteiger partial charge < -0.3 is 22.5 Å². The lowest BCUT2D eigenvalue weighted by molar-refractivity contribution is -0.117. The van der Waals surface area contributed by atoms with Gasteiger partial charge in [0.1, 0.15) is 5.82 Å². The molecule has 2 amide bonds. The molecule has 1 atom stereocenters. The van der Waals surface area contributed by atoms with Crippen molar-refractivity contribution in [1.82, 2.24) is 10.3 Å². The number of aromatic nitrogens is 1. The van der Waals surface area contributed by atoms with Gasteiger partial charge in [-0.15, -0.1) is 0 Å². The number of aryl methyl sites for hydroxylation is 1. The zero-order chi connectivity index (χ0) is 36.9. The minimum atomic E-state index is -0.245.